The van der Waals surface area contributed by atoms with E-state index in [1.54, 1.807) is 37.4 Å². The van der Waals surface area contributed by atoms with E-state index in [1.807, 2.05) is 30.3 Å². The van der Waals surface area contributed by atoms with Crippen LogP contribution in [0.25, 0.3) is 11.1 Å². The molecule has 1 amide bonds. The van der Waals surface area contributed by atoms with E-state index < -0.39 is 5.97 Å². The van der Waals surface area contributed by atoms with E-state index in [4.69, 9.17) is 0 Å². The molecule has 2 aromatic carbocycles. The molecule has 3 aromatic rings. The van der Waals surface area contributed by atoms with Gasteiger partial charge in [-0.25, -0.2) is 14.8 Å². The van der Waals surface area contributed by atoms with Crippen molar-refractivity contribution >= 4 is 11.9 Å². The Morgan fingerprint density at radius 2 is 1.88 bits per heavy atom. The van der Waals surface area contributed by atoms with Crippen molar-refractivity contribution in [1.29, 1.82) is 0 Å². The van der Waals surface area contributed by atoms with Gasteiger partial charge in [-0.2, -0.15) is 0 Å². The van der Waals surface area contributed by atoms with Crippen LogP contribution in [0.15, 0.2) is 60.8 Å². The second-order valence-corrected chi connectivity index (χ2v) is 5.75. The van der Waals surface area contributed by atoms with Gasteiger partial charge in [-0.3, -0.25) is 4.79 Å². The predicted octanol–water partition coefficient (Wildman–Crippen LogP) is 3.08. The highest BCUT2D eigenvalue weighted by atomic mass is 16.4. The number of amides is 1. The van der Waals surface area contributed by atoms with E-state index in [9.17, 15) is 14.7 Å². The first-order valence-corrected chi connectivity index (χ1v) is 8.04. The van der Waals surface area contributed by atoms with Gasteiger partial charge in [0.1, 0.15) is 0 Å². The number of hydrogen-bond donors (Lipinski definition) is 2. The molecule has 0 aliphatic heterocycles. The van der Waals surface area contributed by atoms with Crippen LogP contribution < -0.4 is 5.32 Å². The number of carbonyl (C=O) groups is 2. The Morgan fingerprint density at radius 1 is 1.08 bits per heavy atom. The Labute approximate surface area is 150 Å². The van der Waals surface area contributed by atoms with Gasteiger partial charge in [-0.1, -0.05) is 36.4 Å². The fourth-order valence-corrected chi connectivity index (χ4v) is 2.59. The van der Waals surface area contributed by atoms with Crippen molar-refractivity contribution in [1.82, 2.24) is 15.3 Å². The fourth-order valence-electron chi connectivity index (χ4n) is 2.59. The molecule has 0 unspecified atom stereocenters. The minimum Gasteiger partial charge on any atom is -0.478 e. The van der Waals surface area contributed by atoms with Gasteiger partial charge in [0.05, 0.1) is 5.56 Å². The molecular formula is C20H17N3O3. The molecule has 1 aromatic heterocycles. The summed E-state index contributed by atoms with van der Waals surface area (Å²) >= 11 is 0. The van der Waals surface area contributed by atoms with Crippen LogP contribution in [0, 0.1) is 6.92 Å². The van der Waals surface area contributed by atoms with E-state index in [0.717, 1.165) is 22.4 Å². The summed E-state index contributed by atoms with van der Waals surface area (Å²) in [4.78, 5) is 31.5. The van der Waals surface area contributed by atoms with Gasteiger partial charge in [-0.05, 0) is 41.8 Å². The Hall–Kier alpha value is -3.54. The van der Waals surface area contributed by atoms with Crippen molar-refractivity contribution in [2.75, 3.05) is 0 Å². The average Bonchev–Trinajstić information content (AvgIpc) is 2.66. The lowest BCUT2D eigenvalue weighted by Gasteiger charge is -2.11. The fraction of sp³-hybridized carbons (Fsp3) is 0.100. The van der Waals surface area contributed by atoms with Gasteiger partial charge in [0.15, 0.2) is 0 Å². The summed E-state index contributed by atoms with van der Waals surface area (Å²) in [5, 5.41) is 12.0. The molecule has 6 nitrogen and oxygen atoms in total. The molecule has 130 valence electrons. The Kier molecular flexibility index (Phi) is 5.03. The predicted molar refractivity (Wildman–Crippen MR) is 96.8 cm³/mol. The molecular weight excluding hydrogens is 330 g/mol. The van der Waals surface area contributed by atoms with Gasteiger partial charge in [0.2, 0.25) is 5.82 Å². The van der Waals surface area contributed by atoms with Crippen LogP contribution in [0.5, 0.6) is 0 Å². The third-order valence-electron chi connectivity index (χ3n) is 3.88. The maximum absolute atomic E-state index is 12.2. The molecule has 0 fully saturated rings. The van der Waals surface area contributed by atoms with Crippen LogP contribution in [0.3, 0.4) is 0 Å². The van der Waals surface area contributed by atoms with Crippen molar-refractivity contribution in [3.8, 4) is 11.1 Å². The average molecular weight is 347 g/mol. The number of carboxylic acids is 1. The lowest BCUT2D eigenvalue weighted by atomic mass is 9.98. The summed E-state index contributed by atoms with van der Waals surface area (Å²) in [6, 6.07) is 16.0. The summed E-state index contributed by atoms with van der Waals surface area (Å²) in [5.74, 6) is -1.22. The zero-order chi connectivity index (χ0) is 18.5. The van der Waals surface area contributed by atoms with Crippen LogP contribution in [-0.2, 0) is 6.54 Å². The molecule has 0 atom stereocenters. The van der Waals surface area contributed by atoms with Crippen LogP contribution >= 0.6 is 0 Å². The zero-order valence-electron chi connectivity index (χ0n) is 14.1. The van der Waals surface area contributed by atoms with Crippen LogP contribution in [0.4, 0.5) is 0 Å². The first-order valence-electron chi connectivity index (χ1n) is 8.04. The smallest absolute Gasteiger partial charge is 0.335 e. The maximum Gasteiger partial charge on any atom is 0.335 e. The number of nitrogens with zero attached hydrogens (tertiary/aromatic N) is 2. The standard InChI is InChI=1S/C20H17N3O3/c1-13-9-10-21-18(23-13)19(24)22-12-16-5-2-3-8-17(16)14-6-4-7-15(11-14)20(25)26/h2-11H,12H2,1H3,(H,22,24)(H,25,26). The van der Waals surface area contributed by atoms with Gasteiger partial charge < -0.3 is 10.4 Å². The molecule has 0 radical (unpaired) electrons. The second kappa shape index (κ2) is 7.57. The molecule has 26 heavy (non-hydrogen) atoms. The highest BCUT2D eigenvalue weighted by Gasteiger charge is 2.12. The summed E-state index contributed by atoms with van der Waals surface area (Å²) < 4.78 is 0. The highest BCUT2D eigenvalue weighted by Crippen LogP contribution is 2.24. The molecule has 2 N–H and O–H groups in total. The van der Waals surface area contributed by atoms with E-state index >= 15 is 0 Å². The molecule has 0 bridgehead atoms. The molecule has 0 spiro atoms. The van der Waals surface area contributed by atoms with Crippen LogP contribution in [0.2, 0.25) is 0 Å². The Bertz CT molecular complexity index is 970. The summed E-state index contributed by atoms with van der Waals surface area (Å²) in [6.07, 6.45) is 1.54. The second-order valence-electron chi connectivity index (χ2n) is 5.75. The van der Waals surface area contributed by atoms with E-state index in [1.165, 1.54) is 0 Å². The first kappa shape index (κ1) is 17.3. The lowest BCUT2D eigenvalue weighted by molar-refractivity contribution is 0.0696. The summed E-state index contributed by atoms with van der Waals surface area (Å²) in [6.45, 7) is 2.08. The van der Waals surface area contributed by atoms with E-state index in [0.29, 0.717) is 0 Å². The van der Waals surface area contributed by atoms with Crippen molar-refractivity contribution in [3.05, 3.63) is 83.4 Å². The van der Waals surface area contributed by atoms with Crippen LogP contribution in [-0.4, -0.2) is 27.0 Å². The molecule has 0 aliphatic carbocycles. The largest absolute Gasteiger partial charge is 0.478 e. The lowest BCUT2D eigenvalue weighted by Crippen LogP contribution is -2.25. The SMILES string of the molecule is Cc1ccnc(C(=O)NCc2ccccc2-c2cccc(C(=O)O)c2)n1. The Balaban J connectivity index is 1.83. The van der Waals surface area contributed by atoms with Gasteiger partial charge in [0.25, 0.3) is 5.91 Å². The third-order valence-corrected chi connectivity index (χ3v) is 3.88. The monoisotopic (exact) mass is 347 g/mol. The topological polar surface area (TPSA) is 92.2 Å². The molecule has 0 aliphatic rings. The quantitative estimate of drug-likeness (QED) is 0.740. The minimum absolute atomic E-state index is 0.121. The minimum atomic E-state index is -0.978. The van der Waals surface area contributed by atoms with Gasteiger partial charge in [0, 0.05) is 18.4 Å². The number of aromatic carboxylic acids is 1. The number of carboxylic acid groups (broad SMARTS) is 1. The summed E-state index contributed by atoms with van der Waals surface area (Å²) in [5.41, 5.74) is 3.45. The normalized spacial score (nSPS) is 10.3. The zero-order valence-corrected chi connectivity index (χ0v) is 14.1. The number of rotatable bonds is 5. The molecule has 1 heterocycles. The molecule has 3 rings (SSSR count). The van der Waals surface area contributed by atoms with E-state index in [2.05, 4.69) is 15.3 Å². The van der Waals surface area contributed by atoms with E-state index in [-0.39, 0.29) is 23.8 Å². The van der Waals surface area contributed by atoms with Crippen molar-refractivity contribution in [2.45, 2.75) is 13.5 Å². The third kappa shape index (κ3) is 3.92. The maximum atomic E-state index is 12.2. The molecule has 0 saturated heterocycles. The molecule has 6 heteroatoms. The number of aryl methyl sites for hydroxylation is 1. The van der Waals surface area contributed by atoms with Gasteiger partial charge in [-0.15, -0.1) is 0 Å². The first-order chi connectivity index (χ1) is 12.5. The summed E-state index contributed by atoms with van der Waals surface area (Å²) in [7, 11) is 0. The van der Waals surface area contributed by atoms with Crippen molar-refractivity contribution < 1.29 is 14.7 Å². The number of carbonyl (C=O) groups excluding carboxylic acids is 1. The Morgan fingerprint density at radius 3 is 2.65 bits per heavy atom. The number of nitrogens with one attached hydrogen (secondary N) is 1. The van der Waals surface area contributed by atoms with Gasteiger partial charge >= 0.3 is 5.97 Å². The highest BCUT2D eigenvalue weighted by molar-refractivity contribution is 5.91. The number of hydrogen-bond acceptors (Lipinski definition) is 4. The molecule has 0 saturated carbocycles. The van der Waals surface area contributed by atoms with Crippen molar-refractivity contribution in [3.63, 3.8) is 0 Å². The van der Waals surface area contributed by atoms with Crippen LogP contribution in [0.1, 0.15) is 32.2 Å². The number of aromatic nitrogens is 2. The van der Waals surface area contributed by atoms with Crippen molar-refractivity contribution in [2.24, 2.45) is 0 Å². The number of benzene rings is 2.